The van der Waals surface area contributed by atoms with Gasteiger partial charge < -0.3 is 14.8 Å². The van der Waals surface area contributed by atoms with Crippen molar-refractivity contribution in [3.63, 3.8) is 0 Å². The summed E-state index contributed by atoms with van der Waals surface area (Å²) in [5.74, 6) is 1.11. The Labute approximate surface area is 107 Å². The van der Waals surface area contributed by atoms with Gasteiger partial charge in [0.2, 0.25) is 0 Å². The average Bonchev–Trinajstić information content (AvgIpc) is 2.82. The van der Waals surface area contributed by atoms with Crippen molar-refractivity contribution in [3.05, 3.63) is 42.1 Å². The number of rotatable bonds is 2. The van der Waals surface area contributed by atoms with Crippen molar-refractivity contribution in [2.75, 3.05) is 24.3 Å². The van der Waals surface area contributed by atoms with Gasteiger partial charge in [-0.25, -0.2) is 0 Å². The second-order valence-corrected chi connectivity index (χ2v) is 4.56. The van der Waals surface area contributed by atoms with Crippen LogP contribution in [0.25, 0.3) is 5.69 Å². The summed E-state index contributed by atoms with van der Waals surface area (Å²) in [5.41, 5.74) is 3.60. The van der Waals surface area contributed by atoms with Crippen LogP contribution >= 0.6 is 0 Å². The topological polar surface area (TPSA) is 32.6 Å². The minimum atomic E-state index is 0.749. The highest BCUT2D eigenvalue weighted by atomic mass is 15.2. The van der Waals surface area contributed by atoms with Crippen molar-refractivity contribution >= 4 is 17.8 Å². The van der Waals surface area contributed by atoms with Crippen LogP contribution in [0.2, 0.25) is 0 Å². The molecule has 2 heterocycles. The number of aromatic nitrogens is 1. The standard InChI is InChI=1S/C14H16N4/c1-17(2)12-5-3-4-6-13(12)18-8-7-11-9-15-10-16-14(11)18/h3-8,10H,9H2,1-2H3,(H,15,16). The number of benzene rings is 1. The lowest BCUT2D eigenvalue weighted by Gasteiger charge is -2.20. The third kappa shape index (κ3) is 1.66. The molecule has 4 nitrogen and oxygen atoms in total. The van der Waals surface area contributed by atoms with E-state index in [1.807, 2.05) is 0 Å². The Kier molecular flexibility index (Phi) is 2.55. The fourth-order valence-corrected chi connectivity index (χ4v) is 2.26. The summed E-state index contributed by atoms with van der Waals surface area (Å²) in [6.45, 7) is 0.749. The molecule has 1 aliphatic heterocycles. The molecule has 4 heteroatoms. The van der Waals surface area contributed by atoms with Crippen LogP contribution in [-0.2, 0) is 6.54 Å². The SMILES string of the molecule is CN(C)c1ccccc1-n1ccc2c1NC=NC2. The van der Waals surface area contributed by atoms with Crippen molar-refractivity contribution in [1.29, 1.82) is 0 Å². The first kappa shape index (κ1) is 10.9. The lowest BCUT2D eigenvalue weighted by atomic mass is 10.2. The number of hydrogen-bond acceptors (Lipinski definition) is 3. The monoisotopic (exact) mass is 240 g/mol. The average molecular weight is 240 g/mol. The van der Waals surface area contributed by atoms with Crippen molar-refractivity contribution in [3.8, 4) is 5.69 Å². The van der Waals surface area contributed by atoms with Gasteiger partial charge in [0.1, 0.15) is 5.82 Å². The maximum Gasteiger partial charge on any atom is 0.120 e. The van der Waals surface area contributed by atoms with Crippen LogP contribution in [0.1, 0.15) is 5.56 Å². The van der Waals surface area contributed by atoms with Gasteiger partial charge in [0.15, 0.2) is 0 Å². The van der Waals surface area contributed by atoms with Crippen LogP contribution in [-0.4, -0.2) is 25.0 Å². The number of fused-ring (bicyclic) bond motifs is 1. The molecule has 3 rings (SSSR count). The van der Waals surface area contributed by atoms with Crippen molar-refractivity contribution in [1.82, 2.24) is 4.57 Å². The van der Waals surface area contributed by atoms with Crippen molar-refractivity contribution < 1.29 is 0 Å². The summed E-state index contributed by atoms with van der Waals surface area (Å²) in [7, 11) is 4.12. The van der Waals surface area contributed by atoms with E-state index in [9.17, 15) is 0 Å². The van der Waals surface area contributed by atoms with Crippen molar-refractivity contribution in [2.24, 2.45) is 4.99 Å². The normalized spacial score (nSPS) is 13.0. The van der Waals surface area contributed by atoms with Crippen LogP contribution < -0.4 is 10.2 Å². The van der Waals surface area contributed by atoms with Crippen LogP contribution in [0.4, 0.5) is 11.5 Å². The molecule has 1 aromatic heterocycles. The van der Waals surface area contributed by atoms with E-state index in [2.05, 4.69) is 70.4 Å². The summed E-state index contributed by atoms with van der Waals surface area (Å²) < 4.78 is 2.18. The molecule has 0 atom stereocenters. The Bertz CT molecular complexity index is 596. The fourth-order valence-electron chi connectivity index (χ4n) is 2.26. The van der Waals surface area contributed by atoms with Gasteiger partial charge in [0.05, 0.1) is 24.3 Å². The van der Waals surface area contributed by atoms with Gasteiger partial charge in [0, 0.05) is 25.9 Å². The van der Waals surface area contributed by atoms with Crippen LogP contribution in [0.15, 0.2) is 41.5 Å². The lowest BCUT2D eigenvalue weighted by Crippen LogP contribution is -2.14. The third-order valence-corrected chi connectivity index (χ3v) is 3.15. The molecule has 0 unspecified atom stereocenters. The zero-order chi connectivity index (χ0) is 12.5. The molecule has 1 N–H and O–H groups in total. The van der Waals surface area contributed by atoms with E-state index in [1.54, 1.807) is 6.34 Å². The summed E-state index contributed by atoms with van der Waals surface area (Å²) in [4.78, 5) is 6.35. The van der Waals surface area contributed by atoms with E-state index >= 15 is 0 Å². The molecule has 0 saturated heterocycles. The molecular formula is C14H16N4. The summed E-state index contributed by atoms with van der Waals surface area (Å²) >= 11 is 0. The first-order valence-corrected chi connectivity index (χ1v) is 5.99. The van der Waals surface area contributed by atoms with Gasteiger partial charge >= 0.3 is 0 Å². The highest BCUT2D eigenvalue weighted by Gasteiger charge is 2.14. The molecule has 0 radical (unpaired) electrons. The van der Waals surface area contributed by atoms with E-state index < -0.39 is 0 Å². The third-order valence-electron chi connectivity index (χ3n) is 3.15. The van der Waals surface area contributed by atoms with Gasteiger partial charge in [0.25, 0.3) is 0 Å². The van der Waals surface area contributed by atoms with Gasteiger partial charge in [-0.3, -0.25) is 4.99 Å². The Morgan fingerprint density at radius 3 is 2.89 bits per heavy atom. The van der Waals surface area contributed by atoms with Gasteiger partial charge in [-0.05, 0) is 18.2 Å². The maximum absolute atomic E-state index is 4.22. The fraction of sp³-hybridized carbons (Fsp3) is 0.214. The molecule has 1 aliphatic rings. The first-order chi connectivity index (χ1) is 8.77. The second-order valence-electron chi connectivity index (χ2n) is 4.56. The van der Waals surface area contributed by atoms with Gasteiger partial charge in [-0.15, -0.1) is 0 Å². The smallest absolute Gasteiger partial charge is 0.120 e. The Hall–Kier alpha value is -2.23. The van der Waals surface area contributed by atoms with Crippen LogP contribution in [0.3, 0.4) is 0 Å². The lowest BCUT2D eigenvalue weighted by molar-refractivity contribution is 1.01. The van der Waals surface area contributed by atoms with Gasteiger partial charge in [-0.1, -0.05) is 12.1 Å². The Balaban J connectivity index is 2.14. The quantitative estimate of drug-likeness (QED) is 0.874. The molecular weight excluding hydrogens is 224 g/mol. The number of hydrogen-bond donors (Lipinski definition) is 1. The molecule has 2 aromatic rings. The molecule has 0 bridgehead atoms. The van der Waals surface area contributed by atoms with E-state index in [1.165, 1.54) is 16.9 Å². The molecule has 92 valence electrons. The maximum atomic E-state index is 4.22. The molecule has 0 fully saturated rings. The number of aliphatic imine (C=N–C) groups is 1. The molecule has 0 spiro atoms. The first-order valence-electron chi connectivity index (χ1n) is 5.99. The minimum Gasteiger partial charge on any atom is -0.376 e. The predicted octanol–water partition coefficient (Wildman–Crippen LogP) is 2.50. The van der Waals surface area contributed by atoms with E-state index in [-0.39, 0.29) is 0 Å². The largest absolute Gasteiger partial charge is 0.376 e. The summed E-state index contributed by atoms with van der Waals surface area (Å²) in [5, 5.41) is 3.23. The van der Waals surface area contributed by atoms with Gasteiger partial charge in [-0.2, -0.15) is 0 Å². The molecule has 1 aromatic carbocycles. The summed E-state index contributed by atoms with van der Waals surface area (Å²) in [6.07, 6.45) is 3.85. The van der Waals surface area contributed by atoms with E-state index in [0.29, 0.717) is 0 Å². The Morgan fingerprint density at radius 1 is 1.22 bits per heavy atom. The minimum absolute atomic E-state index is 0.749. The second kappa shape index (κ2) is 4.22. The van der Waals surface area contributed by atoms with E-state index in [0.717, 1.165) is 12.4 Å². The molecule has 0 saturated carbocycles. The zero-order valence-electron chi connectivity index (χ0n) is 10.6. The molecule has 0 aliphatic carbocycles. The number of nitrogens with zero attached hydrogens (tertiary/aromatic N) is 3. The van der Waals surface area contributed by atoms with E-state index in [4.69, 9.17) is 0 Å². The molecule has 0 amide bonds. The number of para-hydroxylation sites is 2. The Morgan fingerprint density at radius 2 is 2.06 bits per heavy atom. The number of nitrogens with one attached hydrogen (secondary N) is 1. The van der Waals surface area contributed by atoms with Crippen LogP contribution in [0.5, 0.6) is 0 Å². The van der Waals surface area contributed by atoms with Crippen molar-refractivity contribution in [2.45, 2.75) is 6.54 Å². The highest BCUT2D eigenvalue weighted by Crippen LogP contribution is 2.29. The summed E-state index contributed by atoms with van der Waals surface area (Å²) in [6, 6.07) is 10.5. The number of anilines is 2. The van der Waals surface area contributed by atoms with Crippen LogP contribution in [0, 0.1) is 0 Å². The highest BCUT2D eigenvalue weighted by molar-refractivity contribution is 5.80. The predicted molar refractivity (Wildman–Crippen MR) is 75.9 cm³/mol. The molecule has 18 heavy (non-hydrogen) atoms. The zero-order valence-corrected chi connectivity index (χ0v) is 10.6.